The van der Waals surface area contributed by atoms with Gasteiger partial charge in [0.15, 0.2) is 5.69 Å². The van der Waals surface area contributed by atoms with E-state index >= 15 is 0 Å². The maximum absolute atomic E-state index is 12.8. The first-order valence-corrected chi connectivity index (χ1v) is 8.21. The third-order valence-corrected chi connectivity index (χ3v) is 5.47. The molecule has 1 aliphatic heterocycles. The minimum Gasteiger partial charge on any atom is -0.374 e. The summed E-state index contributed by atoms with van der Waals surface area (Å²) in [6, 6.07) is 0.240. The second kappa shape index (κ2) is 4.84. The van der Waals surface area contributed by atoms with Gasteiger partial charge < -0.3 is 9.64 Å². The molecule has 2 saturated carbocycles. The van der Waals surface area contributed by atoms with Gasteiger partial charge in [0.25, 0.3) is 5.91 Å². The van der Waals surface area contributed by atoms with Crippen molar-refractivity contribution in [2.24, 2.45) is 0 Å². The van der Waals surface area contributed by atoms with E-state index in [0.29, 0.717) is 24.8 Å². The van der Waals surface area contributed by atoms with E-state index in [1.807, 2.05) is 4.90 Å². The van der Waals surface area contributed by atoms with Gasteiger partial charge in [0.1, 0.15) is 0 Å². The highest BCUT2D eigenvalue weighted by Crippen LogP contribution is 2.43. The fourth-order valence-corrected chi connectivity index (χ4v) is 4.11. The topological polar surface area (TPSA) is 58.2 Å². The van der Waals surface area contributed by atoms with Crippen molar-refractivity contribution >= 4 is 21.8 Å². The predicted octanol–water partition coefficient (Wildman–Crippen LogP) is 2.44. The number of carbonyl (C=O) groups is 1. The molecule has 6 heteroatoms. The van der Waals surface area contributed by atoms with Crippen LogP contribution < -0.4 is 0 Å². The molecule has 0 unspecified atom stereocenters. The van der Waals surface area contributed by atoms with E-state index in [1.165, 1.54) is 12.8 Å². The van der Waals surface area contributed by atoms with Crippen molar-refractivity contribution < 1.29 is 9.53 Å². The molecule has 5 nitrogen and oxygen atoms in total. The number of aromatic amines is 1. The highest BCUT2D eigenvalue weighted by atomic mass is 79.9. The Kier molecular flexibility index (Phi) is 3.11. The standard InChI is InChI=1S/C14H18BrN3O2/c15-11-12(8-4-5-8)16-17-13(11)14(19)18-6-7-20-10-3-1-2-9(10)18/h8-10H,1-7H2,(H,16,17)/t9-,10+/m1/s1. The number of H-pyrrole nitrogens is 1. The van der Waals surface area contributed by atoms with Gasteiger partial charge in [-0.25, -0.2) is 0 Å². The lowest BCUT2D eigenvalue weighted by Crippen LogP contribution is -2.51. The van der Waals surface area contributed by atoms with Crippen LogP contribution in [-0.4, -0.2) is 46.3 Å². The Morgan fingerprint density at radius 3 is 3.00 bits per heavy atom. The third kappa shape index (κ3) is 2.00. The predicted molar refractivity (Wildman–Crippen MR) is 76.7 cm³/mol. The quantitative estimate of drug-likeness (QED) is 0.900. The van der Waals surface area contributed by atoms with Crippen LogP contribution in [0, 0.1) is 0 Å². The zero-order valence-electron chi connectivity index (χ0n) is 11.3. The van der Waals surface area contributed by atoms with Crippen LogP contribution in [0.2, 0.25) is 0 Å². The Balaban J connectivity index is 1.59. The second-order valence-electron chi connectivity index (χ2n) is 5.98. The molecule has 0 bridgehead atoms. The van der Waals surface area contributed by atoms with Crippen LogP contribution in [0.15, 0.2) is 4.47 Å². The molecule has 1 aromatic heterocycles. The molecule has 0 radical (unpaired) electrons. The van der Waals surface area contributed by atoms with E-state index in [-0.39, 0.29) is 18.1 Å². The first kappa shape index (κ1) is 12.8. The van der Waals surface area contributed by atoms with E-state index in [2.05, 4.69) is 26.1 Å². The number of carbonyl (C=O) groups excluding carboxylic acids is 1. The average Bonchev–Trinajstić information content (AvgIpc) is 3.05. The molecule has 2 aliphatic carbocycles. The van der Waals surface area contributed by atoms with Crippen molar-refractivity contribution in [1.82, 2.24) is 15.1 Å². The number of nitrogens with zero attached hydrogens (tertiary/aromatic N) is 2. The van der Waals surface area contributed by atoms with Crippen molar-refractivity contribution in [3.8, 4) is 0 Å². The van der Waals surface area contributed by atoms with Crippen molar-refractivity contribution in [3.05, 3.63) is 15.9 Å². The van der Waals surface area contributed by atoms with Crippen molar-refractivity contribution in [3.63, 3.8) is 0 Å². The number of nitrogens with one attached hydrogen (secondary N) is 1. The Labute approximate surface area is 126 Å². The number of halogens is 1. The van der Waals surface area contributed by atoms with Gasteiger partial charge in [0, 0.05) is 12.5 Å². The van der Waals surface area contributed by atoms with Crippen molar-refractivity contribution in [1.29, 1.82) is 0 Å². The van der Waals surface area contributed by atoms with Crippen LogP contribution in [-0.2, 0) is 4.74 Å². The highest BCUT2D eigenvalue weighted by Gasteiger charge is 2.40. The monoisotopic (exact) mass is 339 g/mol. The SMILES string of the molecule is O=C(c1n[nH]c(C2CC2)c1Br)N1CCO[C@H]2CCC[C@H]21. The van der Waals surface area contributed by atoms with E-state index in [0.717, 1.165) is 29.4 Å². The van der Waals surface area contributed by atoms with Crippen LogP contribution >= 0.6 is 15.9 Å². The molecule has 2 heterocycles. The van der Waals surface area contributed by atoms with E-state index in [9.17, 15) is 4.79 Å². The Morgan fingerprint density at radius 1 is 1.35 bits per heavy atom. The van der Waals surface area contributed by atoms with Crippen molar-refractivity contribution in [2.75, 3.05) is 13.2 Å². The lowest BCUT2D eigenvalue weighted by atomic mass is 10.1. The third-order valence-electron chi connectivity index (χ3n) is 4.66. The summed E-state index contributed by atoms with van der Waals surface area (Å²) in [5.41, 5.74) is 1.63. The fourth-order valence-electron chi connectivity index (χ4n) is 3.44. The van der Waals surface area contributed by atoms with Crippen LogP contribution in [0.5, 0.6) is 0 Å². The number of fused-ring (bicyclic) bond motifs is 1. The Bertz CT molecular complexity index is 541. The first-order valence-electron chi connectivity index (χ1n) is 7.42. The summed E-state index contributed by atoms with van der Waals surface area (Å²) in [6.07, 6.45) is 5.88. The summed E-state index contributed by atoms with van der Waals surface area (Å²) in [5, 5.41) is 7.30. The van der Waals surface area contributed by atoms with Gasteiger partial charge in [0.05, 0.1) is 28.9 Å². The van der Waals surface area contributed by atoms with Crippen molar-refractivity contribution in [2.45, 2.75) is 50.2 Å². The molecule has 0 aromatic carbocycles. The number of ether oxygens (including phenoxy) is 1. The molecule has 20 heavy (non-hydrogen) atoms. The largest absolute Gasteiger partial charge is 0.374 e. The molecule has 4 rings (SSSR count). The summed E-state index contributed by atoms with van der Waals surface area (Å²) in [4.78, 5) is 14.7. The zero-order chi connectivity index (χ0) is 13.7. The number of hydrogen-bond donors (Lipinski definition) is 1. The van der Waals surface area contributed by atoms with Gasteiger partial charge in [-0.15, -0.1) is 0 Å². The van der Waals surface area contributed by atoms with Crippen LogP contribution in [0.1, 0.15) is 54.2 Å². The number of rotatable bonds is 2. The molecule has 2 atom stereocenters. The van der Waals surface area contributed by atoms with Gasteiger partial charge >= 0.3 is 0 Å². The van der Waals surface area contributed by atoms with E-state index < -0.39 is 0 Å². The summed E-state index contributed by atoms with van der Waals surface area (Å²) in [7, 11) is 0. The molecule has 1 N–H and O–H groups in total. The van der Waals surface area contributed by atoms with Gasteiger partial charge in [-0.1, -0.05) is 0 Å². The van der Waals surface area contributed by atoms with E-state index in [4.69, 9.17) is 4.74 Å². The maximum Gasteiger partial charge on any atom is 0.275 e. The van der Waals surface area contributed by atoms with E-state index in [1.54, 1.807) is 0 Å². The van der Waals surface area contributed by atoms with Gasteiger partial charge in [-0.3, -0.25) is 9.89 Å². The lowest BCUT2D eigenvalue weighted by molar-refractivity contribution is -0.0447. The summed E-state index contributed by atoms with van der Waals surface area (Å²) < 4.78 is 6.63. The lowest BCUT2D eigenvalue weighted by Gasteiger charge is -2.37. The summed E-state index contributed by atoms with van der Waals surface area (Å²) in [5.74, 6) is 0.600. The Morgan fingerprint density at radius 2 is 2.20 bits per heavy atom. The first-order chi connectivity index (χ1) is 9.75. The van der Waals surface area contributed by atoms with Crippen LogP contribution in [0.25, 0.3) is 0 Å². The minimum absolute atomic E-state index is 0.0419. The van der Waals surface area contributed by atoms with Gasteiger partial charge in [0.2, 0.25) is 0 Å². The normalized spacial score (nSPS) is 29.6. The fraction of sp³-hybridized carbons (Fsp3) is 0.714. The molecule has 3 fully saturated rings. The average molecular weight is 340 g/mol. The van der Waals surface area contributed by atoms with Crippen LogP contribution in [0.3, 0.4) is 0 Å². The minimum atomic E-state index is 0.0419. The molecule has 1 amide bonds. The van der Waals surface area contributed by atoms with Gasteiger partial charge in [-0.2, -0.15) is 5.10 Å². The smallest absolute Gasteiger partial charge is 0.275 e. The second-order valence-corrected chi connectivity index (χ2v) is 6.77. The number of morpholine rings is 1. The molecule has 1 saturated heterocycles. The zero-order valence-corrected chi connectivity index (χ0v) is 12.9. The number of aromatic nitrogens is 2. The molecule has 108 valence electrons. The molecular formula is C14H18BrN3O2. The molecule has 3 aliphatic rings. The number of hydrogen-bond acceptors (Lipinski definition) is 3. The summed E-state index contributed by atoms with van der Waals surface area (Å²) >= 11 is 3.56. The molecule has 1 aromatic rings. The maximum atomic E-state index is 12.8. The van der Waals surface area contributed by atoms with Gasteiger partial charge in [-0.05, 0) is 48.0 Å². The van der Waals surface area contributed by atoms with Crippen LogP contribution in [0.4, 0.5) is 0 Å². The summed E-state index contributed by atoms with van der Waals surface area (Å²) in [6.45, 7) is 1.32. The molecule has 0 spiro atoms. The number of amides is 1. The molecular weight excluding hydrogens is 322 g/mol. The Hall–Kier alpha value is -0.880. The highest BCUT2D eigenvalue weighted by molar-refractivity contribution is 9.10.